The Morgan fingerprint density at radius 3 is 2.59 bits per heavy atom. The van der Waals surface area contributed by atoms with Crippen molar-refractivity contribution in [3.8, 4) is 0 Å². The number of amides is 1. The van der Waals surface area contributed by atoms with Gasteiger partial charge in [-0.15, -0.1) is 5.10 Å². The first-order valence-electron chi connectivity index (χ1n) is 9.61. The monoisotopic (exact) mass is 375 g/mol. The number of carbonyl (C=O) groups excluding carboxylic acids is 1. The lowest BCUT2D eigenvalue weighted by Crippen LogP contribution is -2.60. The molecule has 0 radical (unpaired) electrons. The van der Waals surface area contributed by atoms with E-state index in [1.165, 1.54) is 5.69 Å². The summed E-state index contributed by atoms with van der Waals surface area (Å²) in [6.45, 7) is 1.28. The van der Waals surface area contributed by atoms with Gasteiger partial charge in [-0.25, -0.2) is 13.3 Å². The van der Waals surface area contributed by atoms with E-state index in [4.69, 9.17) is 0 Å². The van der Waals surface area contributed by atoms with E-state index in [0.717, 1.165) is 31.3 Å². The van der Waals surface area contributed by atoms with Crippen molar-refractivity contribution in [1.29, 1.82) is 0 Å². The highest BCUT2D eigenvalue weighted by Crippen LogP contribution is 2.53. The first-order valence-corrected chi connectivity index (χ1v) is 9.61. The molecule has 1 aliphatic heterocycles. The molecule has 27 heavy (non-hydrogen) atoms. The summed E-state index contributed by atoms with van der Waals surface area (Å²) >= 11 is 0. The number of rotatable bonds is 3. The second-order valence-corrected chi connectivity index (χ2v) is 8.39. The van der Waals surface area contributed by atoms with Crippen molar-refractivity contribution in [3.05, 3.63) is 23.9 Å². The van der Waals surface area contributed by atoms with Crippen LogP contribution in [0, 0.1) is 11.3 Å². The summed E-state index contributed by atoms with van der Waals surface area (Å²) in [5, 5.41) is 7.50. The number of pyridine rings is 1. The number of halogens is 2. The Labute approximate surface area is 155 Å². The van der Waals surface area contributed by atoms with Crippen LogP contribution in [0.3, 0.4) is 0 Å². The lowest BCUT2D eigenvalue weighted by Gasteiger charge is -2.53. The molecule has 0 bridgehead atoms. The molecule has 2 aliphatic carbocycles. The Balaban J connectivity index is 1.24. The smallest absolute Gasteiger partial charge is 0.260 e. The maximum absolute atomic E-state index is 13.1. The molecule has 2 aromatic rings. The molecule has 144 valence electrons. The molecule has 1 unspecified atom stereocenters. The third-order valence-corrected chi connectivity index (χ3v) is 6.57. The molecular weight excluding hydrogens is 352 g/mol. The maximum atomic E-state index is 13.1. The minimum Gasteiger partial charge on any atom is -0.356 e. The van der Waals surface area contributed by atoms with Crippen molar-refractivity contribution >= 4 is 17.5 Å². The molecule has 2 saturated carbocycles. The van der Waals surface area contributed by atoms with E-state index in [0.29, 0.717) is 25.0 Å². The number of nitrogens with zero attached hydrogens (tertiary/aromatic N) is 4. The predicted molar refractivity (Wildman–Crippen MR) is 95.8 cm³/mol. The van der Waals surface area contributed by atoms with Gasteiger partial charge in [0.25, 0.3) is 5.92 Å². The topological polar surface area (TPSA) is 62.5 Å². The first kappa shape index (κ1) is 16.9. The number of fused-ring (bicyclic) bond motifs is 1. The van der Waals surface area contributed by atoms with Crippen LogP contribution in [0.1, 0.15) is 43.7 Å². The zero-order valence-corrected chi connectivity index (χ0v) is 15.3. The van der Waals surface area contributed by atoms with Gasteiger partial charge in [0.05, 0.1) is 0 Å². The van der Waals surface area contributed by atoms with Crippen molar-refractivity contribution in [1.82, 2.24) is 19.5 Å². The van der Waals surface area contributed by atoms with E-state index < -0.39 is 11.8 Å². The number of hydrogen-bond donors (Lipinski definition) is 1. The molecule has 1 amide bonds. The van der Waals surface area contributed by atoms with Gasteiger partial charge in [0.1, 0.15) is 5.92 Å². The second kappa shape index (κ2) is 5.62. The normalized spacial score (nSPS) is 26.2. The van der Waals surface area contributed by atoms with E-state index >= 15 is 0 Å². The summed E-state index contributed by atoms with van der Waals surface area (Å²) in [5.74, 6) is -3.15. The van der Waals surface area contributed by atoms with Crippen LogP contribution < -0.4 is 5.32 Å². The average molecular weight is 375 g/mol. The molecule has 1 spiro atoms. The zero-order valence-electron chi connectivity index (χ0n) is 15.3. The number of carbonyl (C=O) groups is 1. The molecule has 1 saturated heterocycles. The molecule has 3 fully saturated rings. The standard InChI is InChI=1S/C19H23F2N5O/c1-22-17-23-15-4-2-3-14(26(15)24-17)12-5-7-18(8-6-12)10-25(11-18)16(27)13-9-19(13,20)21/h2-4,12-13H,5-11H2,1H3,(H,22,24). The van der Waals surface area contributed by atoms with Gasteiger partial charge in [-0.05, 0) is 37.8 Å². The minimum atomic E-state index is -2.76. The average Bonchev–Trinajstić information content (AvgIpc) is 3.08. The second-order valence-electron chi connectivity index (χ2n) is 8.39. The van der Waals surface area contributed by atoms with Gasteiger partial charge in [-0.3, -0.25) is 4.79 Å². The van der Waals surface area contributed by atoms with Crippen LogP contribution in [0.4, 0.5) is 14.7 Å². The van der Waals surface area contributed by atoms with Crippen LogP contribution in [0.2, 0.25) is 0 Å². The van der Waals surface area contributed by atoms with Crippen LogP contribution in [-0.2, 0) is 4.79 Å². The summed E-state index contributed by atoms with van der Waals surface area (Å²) in [5.41, 5.74) is 2.13. The molecule has 1 N–H and O–H groups in total. The molecule has 8 heteroatoms. The third-order valence-electron chi connectivity index (χ3n) is 6.57. The Morgan fingerprint density at radius 2 is 1.96 bits per heavy atom. The van der Waals surface area contributed by atoms with Crippen LogP contribution in [0.5, 0.6) is 0 Å². The minimum absolute atomic E-state index is 0.128. The Hall–Kier alpha value is -2.25. The van der Waals surface area contributed by atoms with Crippen molar-refractivity contribution in [2.45, 2.75) is 43.9 Å². The number of alkyl halides is 2. The quantitative estimate of drug-likeness (QED) is 0.896. The van der Waals surface area contributed by atoms with E-state index in [2.05, 4.69) is 21.5 Å². The largest absolute Gasteiger partial charge is 0.356 e. The summed E-state index contributed by atoms with van der Waals surface area (Å²) in [6.07, 6.45) is 3.82. The highest BCUT2D eigenvalue weighted by molar-refractivity contribution is 5.83. The fraction of sp³-hybridized carbons (Fsp3) is 0.632. The maximum Gasteiger partial charge on any atom is 0.260 e. The van der Waals surface area contributed by atoms with Gasteiger partial charge >= 0.3 is 0 Å². The highest BCUT2D eigenvalue weighted by atomic mass is 19.3. The van der Waals surface area contributed by atoms with Crippen LogP contribution in [-0.4, -0.2) is 51.5 Å². The molecule has 5 rings (SSSR count). The van der Waals surface area contributed by atoms with Gasteiger partial charge in [0, 0.05) is 43.6 Å². The van der Waals surface area contributed by atoms with Gasteiger partial charge in [0.15, 0.2) is 5.65 Å². The molecule has 3 aliphatic rings. The molecule has 2 aromatic heterocycles. The Bertz CT molecular complexity index is 895. The fourth-order valence-corrected chi connectivity index (χ4v) is 4.80. The van der Waals surface area contributed by atoms with Crippen LogP contribution >= 0.6 is 0 Å². The molecule has 0 aromatic carbocycles. The number of anilines is 1. The summed E-state index contributed by atoms with van der Waals surface area (Å²) in [7, 11) is 1.81. The van der Waals surface area contributed by atoms with E-state index in [9.17, 15) is 13.6 Å². The van der Waals surface area contributed by atoms with Crippen LogP contribution in [0.15, 0.2) is 18.2 Å². The molecule has 1 atom stereocenters. The van der Waals surface area contributed by atoms with Crippen LogP contribution in [0.25, 0.3) is 5.65 Å². The van der Waals surface area contributed by atoms with Gasteiger partial charge < -0.3 is 10.2 Å². The first-order chi connectivity index (χ1) is 12.9. The lowest BCUT2D eigenvalue weighted by molar-refractivity contribution is -0.149. The van der Waals surface area contributed by atoms with E-state index in [1.54, 1.807) is 11.9 Å². The molecular formula is C19H23F2N5O. The summed E-state index contributed by atoms with van der Waals surface area (Å²) in [4.78, 5) is 18.2. The molecule has 6 nitrogen and oxygen atoms in total. The van der Waals surface area contributed by atoms with Gasteiger partial charge in [-0.1, -0.05) is 6.07 Å². The predicted octanol–water partition coefficient (Wildman–Crippen LogP) is 2.91. The van der Waals surface area contributed by atoms with Gasteiger partial charge in [0.2, 0.25) is 11.9 Å². The van der Waals surface area contributed by atoms with Crippen molar-refractivity contribution in [2.75, 3.05) is 25.5 Å². The third kappa shape index (κ3) is 2.68. The lowest BCUT2D eigenvalue weighted by atomic mass is 9.65. The molecule has 3 heterocycles. The zero-order chi connectivity index (χ0) is 18.8. The van der Waals surface area contributed by atoms with Gasteiger partial charge in [-0.2, -0.15) is 4.98 Å². The van der Waals surface area contributed by atoms with Crippen molar-refractivity contribution in [2.24, 2.45) is 11.3 Å². The number of aromatic nitrogens is 3. The summed E-state index contributed by atoms with van der Waals surface area (Å²) in [6, 6.07) is 6.07. The number of hydrogen-bond acceptors (Lipinski definition) is 4. The Morgan fingerprint density at radius 1 is 1.26 bits per heavy atom. The van der Waals surface area contributed by atoms with Crippen molar-refractivity contribution in [3.63, 3.8) is 0 Å². The van der Waals surface area contributed by atoms with E-state index in [1.807, 2.05) is 16.6 Å². The fourth-order valence-electron chi connectivity index (χ4n) is 4.80. The highest BCUT2D eigenvalue weighted by Gasteiger charge is 2.64. The number of likely N-dealkylation sites (tertiary alicyclic amines) is 1. The number of nitrogens with one attached hydrogen (secondary N) is 1. The van der Waals surface area contributed by atoms with E-state index in [-0.39, 0.29) is 17.7 Å². The SMILES string of the molecule is CNc1nc2cccc(C3CCC4(CC3)CN(C(=O)C3CC3(F)F)C4)n2n1. The van der Waals surface area contributed by atoms with Crippen molar-refractivity contribution < 1.29 is 13.6 Å². The summed E-state index contributed by atoms with van der Waals surface area (Å²) < 4.78 is 28.2. The Kier molecular flexibility index (Phi) is 3.52.